The standard InChI is InChI=1S/C22H29N3O3.HI/c1-5-14-27-19-11-7-6-10-18(19)16-25-22(23-3)24-15-17(2)28-21-13-9-8-12-20(21)26-4;/h5-13,17H,1,14-16H2,2-4H3,(H2,23,24,25);1H. The molecule has 0 aliphatic heterocycles. The van der Waals surface area contributed by atoms with Gasteiger partial charge >= 0.3 is 0 Å². The van der Waals surface area contributed by atoms with E-state index < -0.39 is 0 Å². The van der Waals surface area contributed by atoms with Crippen LogP contribution in [0.25, 0.3) is 0 Å². The first kappa shape index (κ1) is 24.6. The fourth-order valence-electron chi connectivity index (χ4n) is 2.55. The number of hydrogen-bond acceptors (Lipinski definition) is 4. The largest absolute Gasteiger partial charge is 0.493 e. The number of aliphatic imine (C=N–C) groups is 1. The fraction of sp³-hybridized carbons (Fsp3) is 0.318. The molecule has 29 heavy (non-hydrogen) atoms. The molecule has 0 heterocycles. The maximum Gasteiger partial charge on any atom is 0.191 e. The maximum absolute atomic E-state index is 5.96. The van der Waals surface area contributed by atoms with Gasteiger partial charge in [0.2, 0.25) is 0 Å². The lowest BCUT2D eigenvalue weighted by Gasteiger charge is -2.19. The van der Waals surface area contributed by atoms with Crippen LogP contribution in [0.5, 0.6) is 17.2 Å². The van der Waals surface area contributed by atoms with Crippen LogP contribution in [0.15, 0.2) is 66.2 Å². The lowest BCUT2D eigenvalue weighted by molar-refractivity contribution is 0.213. The molecule has 2 rings (SSSR count). The third-order valence-corrected chi connectivity index (χ3v) is 3.95. The first-order valence-electron chi connectivity index (χ1n) is 9.23. The second-order valence-electron chi connectivity index (χ2n) is 6.09. The zero-order valence-corrected chi connectivity index (χ0v) is 19.5. The van der Waals surface area contributed by atoms with E-state index in [2.05, 4.69) is 22.2 Å². The summed E-state index contributed by atoms with van der Waals surface area (Å²) in [6, 6.07) is 15.5. The molecule has 6 nitrogen and oxygen atoms in total. The number of methoxy groups -OCH3 is 1. The average Bonchev–Trinajstić information content (AvgIpc) is 2.73. The Balaban J connectivity index is 0.00000420. The zero-order valence-electron chi connectivity index (χ0n) is 17.2. The first-order chi connectivity index (χ1) is 13.7. The number of benzene rings is 2. The summed E-state index contributed by atoms with van der Waals surface area (Å²) in [6.07, 6.45) is 1.66. The molecule has 0 aliphatic carbocycles. The van der Waals surface area contributed by atoms with Crippen LogP contribution in [-0.2, 0) is 6.54 Å². The quantitative estimate of drug-likeness (QED) is 0.219. The molecule has 2 N–H and O–H groups in total. The third-order valence-electron chi connectivity index (χ3n) is 3.95. The highest BCUT2D eigenvalue weighted by Crippen LogP contribution is 2.26. The Bertz CT molecular complexity index is 783. The molecule has 158 valence electrons. The van der Waals surface area contributed by atoms with Gasteiger partial charge in [-0.25, -0.2) is 0 Å². The van der Waals surface area contributed by atoms with Crippen molar-refractivity contribution in [2.24, 2.45) is 4.99 Å². The van der Waals surface area contributed by atoms with Gasteiger partial charge in [-0.1, -0.05) is 43.0 Å². The smallest absolute Gasteiger partial charge is 0.191 e. The van der Waals surface area contributed by atoms with E-state index in [9.17, 15) is 0 Å². The van der Waals surface area contributed by atoms with Crippen molar-refractivity contribution in [1.29, 1.82) is 0 Å². The van der Waals surface area contributed by atoms with Crippen LogP contribution in [0.3, 0.4) is 0 Å². The highest BCUT2D eigenvalue weighted by atomic mass is 127. The molecule has 0 aromatic heterocycles. The second-order valence-corrected chi connectivity index (χ2v) is 6.09. The Morgan fingerprint density at radius 1 is 1.07 bits per heavy atom. The molecule has 2 aromatic rings. The zero-order chi connectivity index (χ0) is 20.2. The van der Waals surface area contributed by atoms with Gasteiger partial charge in [-0.3, -0.25) is 4.99 Å². The summed E-state index contributed by atoms with van der Waals surface area (Å²) in [5, 5.41) is 6.57. The van der Waals surface area contributed by atoms with Crippen LogP contribution in [-0.4, -0.2) is 39.4 Å². The summed E-state index contributed by atoms with van der Waals surface area (Å²) in [4.78, 5) is 4.26. The van der Waals surface area contributed by atoms with Crippen LogP contribution in [0.4, 0.5) is 0 Å². The van der Waals surface area contributed by atoms with Crippen LogP contribution >= 0.6 is 24.0 Å². The van der Waals surface area contributed by atoms with Crippen molar-refractivity contribution in [3.8, 4) is 17.2 Å². The Morgan fingerprint density at radius 2 is 1.72 bits per heavy atom. The molecule has 1 unspecified atom stereocenters. The van der Waals surface area contributed by atoms with E-state index >= 15 is 0 Å². The van der Waals surface area contributed by atoms with Gasteiger partial charge in [0, 0.05) is 19.2 Å². The van der Waals surface area contributed by atoms with E-state index in [1.807, 2.05) is 55.5 Å². The number of guanidine groups is 1. The van der Waals surface area contributed by atoms with E-state index in [0.717, 1.165) is 17.1 Å². The van der Waals surface area contributed by atoms with Crippen LogP contribution in [0.2, 0.25) is 0 Å². The van der Waals surface area contributed by atoms with Gasteiger partial charge in [-0.2, -0.15) is 0 Å². The Morgan fingerprint density at radius 3 is 2.38 bits per heavy atom. The topological polar surface area (TPSA) is 64.1 Å². The third kappa shape index (κ3) is 8.23. The number of rotatable bonds is 10. The van der Waals surface area contributed by atoms with E-state index in [-0.39, 0.29) is 30.1 Å². The fourth-order valence-corrected chi connectivity index (χ4v) is 2.55. The summed E-state index contributed by atoms with van der Waals surface area (Å²) in [7, 11) is 3.37. The van der Waals surface area contributed by atoms with Gasteiger partial charge in [-0.05, 0) is 25.1 Å². The molecule has 0 saturated carbocycles. The Hall–Kier alpha value is -2.42. The number of para-hydroxylation sites is 3. The molecule has 2 aromatic carbocycles. The Kier molecular flexibility index (Phi) is 11.6. The van der Waals surface area contributed by atoms with Gasteiger partial charge < -0.3 is 24.8 Å². The summed E-state index contributed by atoms with van der Waals surface area (Å²) >= 11 is 0. The number of halogens is 1. The highest BCUT2D eigenvalue weighted by molar-refractivity contribution is 14.0. The van der Waals surface area contributed by atoms with Crippen molar-refractivity contribution in [3.05, 3.63) is 66.7 Å². The monoisotopic (exact) mass is 511 g/mol. The summed E-state index contributed by atoms with van der Waals surface area (Å²) in [5.41, 5.74) is 1.05. The van der Waals surface area contributed by atoms with Crippen molar-refractivity contribution in [2.75, 3.05) is 27.3 Å². The SMILES string of the molecule is C=CCOc1ccccc1CNC(=NC)NCC(C)Oc1ccccc1OC.I. The first-order valence-corrected chi connectivity index (χ1v) is 9.23. The van der Waals surface area contributed by atoms with Crippen molar-refractivity contribution < 1.29 is 14.2 Å². The van der Waals surface area contributed by atoms with Crippen molar-refractivity contribution >= 4 is 29.9 Å². The van der Waals surface area contributed by atoms with Gasteiger partial charge in [0.15, 0.2) is 17.5 Å². The molecule has 1 atom stereocenters. The minimum atomic E-state index is -0.0712. The molecule has 0 radical (unpaired) electrons. The van der Waals surface area contributed by atoms with Crippen LogP contribution < -0.4 is 24.8 Å². The van der Waals surface area contributed by atoms with E-state index in [1.54, 1.807) is 20.2 Å². The highest BCUT2D eigenvalue weighted by Gasteiger charge is 2.10. The maximum atomic E-state index is 5.96. The lowest BCUT2D eigenvalue weighted by Crippen LogP contribution is -2.41. The minimum Gasteiger partial charge on any atom is -0.493 e. The van der Waals surface area contributed by atoms with Gasteiger partial charge in [-0.15, -0.1) is 24.0 Å². The van der Waals surface area contributed by atoms with Crippen LogP contribution in [0, 0.1) is 0 Å². The molecular formula is C22H30IN3O3. The predicted molar refractivity (Wildman–Crippen MR) is 129 cm³/mol. The van der Waals surface area contributed by atoms with Gasteiger partial charge in [0.05, 0.1) is 13.7 Å². The molecule has 0 bridgehead atoms. The molecule has 0 fully saturated rings. The van der Waals surface area contributed by atoms with Crippen molar-refractivity contribution in [1.82, 2.24) is 10.6 Å². The van der Waals surface area contributed by atoms with E-state index in [1.165, 1.54) is 0 Å². The second kappa shape index (κ2) is 13.7. The molecule has 7 heteroatoms. The molecule has 0 aliphatic rings. The average molecular weight is 511 g/mol. The summed E-state index contributed by atoms with van der Waals surface area (Å²) < 4.78 is 17.0. The number of nitrogens with zero attached hydrogens (tertiary/aromatic N) is 1. The Labute approximate surface area is 190 Å². The normalized spacial score (nSPS) is 11.6. The summed E-state index contributed by atoms with van der Waals surface area (Å²) in [6.45, 7) is 7.33. The number of nitrogens with one attached hydrogen (secondary N) is 2. The number of ether oxygens (including phenoxy) is 3. The number of hydrogen-bond donors (Lipinski definition) is 2. The molecule has 0 spiro atoms. The van der Waals surface area contributed by atoms with Gasteiger partial charge in [0.25, 0.3) is 0 Å². The molecular weight excluding hydrogens is 481 g/mol. The van der Waals surface area contributed by atoms with Crippen LogP contribution in [0.1, 0.15) is 12.5 Å². The predicted octanol–water partition coefficient (Wildman–Crippen LogP) is 4.01. The summed E-state index contributed by atoms with van der Waals surface area (Å²) in [5.74, 6) is 2.95. The minimum absolute atomic E-state index is 0. The lowest BCUT2D eigenvalue weighted by atomic mass is 10.2. The van der Waals surface area contributed by atoms with Crippen molar-refractivity contribution in [3.63, 3.8) is 0 Å². The van der Waals surface area contributed by atoms with E-state index in [0.29, 0.717) is 31.4 Å². The molecule has 0 amide bonds. The van der Waals surface area contributed by atoms with Gasteiger partial charge in [0.1, 0.15) is 18.5 Å². The molecule has 0 saturated heterocycles. The van der Waals surface area contributed by atoms with E-state index in [4.69, 9.17) is 14.2 Å². The van der Waals surface area contributed by atoms with Crippen molar-refractivity contribution in [2.45, 2.75) is 19.6 Å².